The van der Waals surface area contributed by atoms with Crippen molar-refractivity contribution in [3.05, 3.63) is 30.2 Å². The molecule has 0 saturated heterocycles. The van der Waals surface area contributed by atoms with Crippen LogP contribution in [0, 0.1) is 0 Å². The monoisotopic (exact) mass is 245 g/mol. The van der Waals surface area contributed by atoms with Gasteiger partial charge in [-0.25, -0.2) is 0 Å². The summed E-state index contributed by atoms with van der Waals surface area (Å²) in [6.45, 7) is 2.72. The standard InChI is InChI=1S/C14H15NO3/c1-8(2-5-15)11-9-3-6-18-14(9)12(16)10-4-7-17-13(10)11/h3-4,6-8,16H,2,5,15H2,1H3. The minimum absolute atomic E-state index is 0.141. The molecule has 3 aromatic rings. The quantitative estimate of drug-likeness (QED) is 0.742. The maximum Gasteiger partial charge on any atom is 0.176 e. The molecule has 0 radical (unpaired) electrons. The van der Waals surface area contributed by atoms with E-state index in [1.165, 1.54) is 0 Å². The fourth-order valence-corrected chi connectivity index (χ4v) is 2.54. The maximum atomic E-state index is 10.1. The molecule has 0 fully saturated rings. The van der Waals surface area contributed by atoms with Crippen molar-refractivity contribution < 1.29 is 13.9 Å². The summed E-state index contributed by atoms with van der Waals surface area (Å²) in [5, 5.41) is 11.7. The maximum absolute atomic E-state index is 10.1. The van der Waals surface area contributed by atoms with Crippen molar-refractivity contribution in [2.45, 2.75) is 19.3 Å². The van der Waals surface area contributed by atoms with Gasteiger partial charge in [-0.2, -0.15) is 0 Å². The molecule has 1 aromatic carbocycles. The molecule has 0 aliphatic heterocycles. The van der Waals surface area contributed by atoms with E-state index in [4.69, 9.17) is 14.6 Å². The summed E-state index contributed by atoms with van der Waals surface area (Å²) in [5.41, 5.74) is 7.93. The summed E-state index contributed by atoms with van der Waals surface area (Å²) in [6.07, 6.45) is 4.03. The van der Waals surface area contributed by atoms with E-state index >= 15 is 0 Å². The number of phenols is 1. The van der Waals surface area contributed by atoms with Crippen molar-refractivity contribution >= 4 is 21.9 Å². The number of phenolic OH excluding ortho intramolecular Hbond substituents is 1. The molecule has 0 aliphatic carbocycles. The van der Waals surface area contributed by atoms with Crippen molar-refractivity contribution in [2.24, 2.45) is 5.73 Å². The first-order chi connectivity index (χ1) is 8.74. The Morgan fingerprint density at radius 3 is 2.56 bits per heavy atom. The molecule has 4 heteroatoms. The SMILES string of the molecule is CC(CCN)c1c2ccoc2c(O)c2ccoc12. The van der Waals surface area contributed by atoms with E-state index in [0.29, 0.717) is 17.5 Å². The second-order valence-corrected chi connectivity index (χ2v) is 4.57. The third kappa shape index (κ3) is 1.42. The topological polar surface area (TPSA) is 72.5 Å². The third-order valence-corrected chi connectivity index (χ3v) is 3.43. The van der Waals surface area contributed by atoms with Crippen LogP contribution >= 0.6 is 0 Å². The minimum atomic E-state index is 0.141. The van der Waals surface area contributed by atoms with Gasteiger partial charge in [0.15, 0.2) is 11.3 Å². The fourth-order valence-electron chi connectivity index (χ4n) is 2.54. The Labute approximate surface area is 104 Å². The molecule has 94 valence electrons. The molecule has 3 rings (SSSR count). The lowest BCUT2D eigenvalue weighted by atomic mass is 9.93. The Morgan fingerprint density at radius 1 is 1.17 bits per heavy atom. The lowest BCUT2D eigenvalue weighted by Gasteiger charge is -2.13. The summed E-state index contributed by atoms with van der Waals surface area (Å²) in [4.78, 5) is 0. The van der Waals surface area contributed by atoms with Crippen LogP contribution in [0.5, 0.6) is 5.75 Å². The van der Waals surface area contributed by atoms with Crippen molar-refractivity contribution in [1.29, 1.82) is 0 Å². The number of hydrogen-bond donors (Lipinski definition) is 2. The summed E-state index contributed by atoms with van der Waals surface area (Å²) < 4.78 is 10.9. The second-order valence-electron chi connectivity index (χ2n) is 4.57. The van der Waals surface area contributed by atoms with Gasteiger partial charge in [-0.3, -0.25) is 0 Å². The van der Waals surface area contributed by atoms with E-state index in [9.17, 15) is 5.11 Å². The highest BCUT2D eigenvalue weighted by atomic mass is 16.4. The van der Waals surface area contributed by atoms with E-state index in [1.807, 2.05) is 6.07 Å². The molecule has 2 heterocycles. The molecule has 18 heavy (non-hydrogen) atoms. The number of benzene rings is 1. The fraction of sp³-hybridized carbons (Fsp3) is 0.286. The van der Waals surface area contributed by atoms with Gasteiger partial charge in [-0.05, 0) is 31.0 Å². The van der Waals surface area contributed by atoms with Gasteiger partial charge in [0.1, 0.15) is 5.58 Å². The predicted octanol–water partition coefficient (Wildman–Crippen LogP) is 3.34. The molecular weight excluding hydrogens is 230 g/mol. The average Bonchev–Trinajstić information content (AvgIpc) is 2.97. The Hall–Kier alpha value is -1.94. The smallest absolute Gasteiger partial charge is 0.176 e. The van der Waals surface area contributed by atoms with E-state index in [-0.39, 0.29) is 11.7 Å². The van der Waals surface area contributed by atoms with Gasteiger partial charge < -0.3 is 19.7 Å². The average molecular weight is 245 g/mol. The zero-order chi connectivity index (χ0) is 12.7. The zero-order valence-corrected chi connectivity index (χ0v) is 10.1. The van der Waals surface area contributed by atoms with E-state index < -0.39 is 0 Å². The van der Waals surface area contributed by atoms with Gasteiger partial charge in [0.05, 0.1) is 17.9 Å². The number of aromatic hydroxyl groups is 1. The van der Waals surface area contributed by atoms with Gasteiger partial charge in [0.25, 0.3) is 0 Å². The van der Waals surface area contributed by atoms with Crippen LogP contribution in [0.4, 0.5) is 0 Å². The number of nitrogens with two attached hydrogens (primary N) is 1. The van der Waals surface area contributed by atoms with Crippen LogP contribution in [-0.2, 0) is 0 Å². The summed E-state index contributed by atoms with van der Waals surface area (Å²) >= 11 is 0. The molecule has 1 atom stereocenters. The summed E-state index contributed by atoms with van der Waals surface area (Å²) in [7, 11) is 0. The van der Waals surface area contributed by atoms with Crippen LogP contribution in [-0.4, -0.2) is 11.7 Å². The second kappa shape index (κ2) is 4.07. The van der Waals surface area contributed by atoms with Crippen molar-refractivity contribution in [3.63, 3.8) is 0 Å². The van der Waals surface area contributed by atoms with Crippen molar-refractivity contribution in [2.75, 3.05) is 6.54 Å². The van der Waals surface area contributed by atoms with Crippen LogP contribution in [0.25, 0.3) is 21.9 Å². The van der Waals surface area contributed by atoms with Crippen molar-refractivity contribution in [3.8, 4) is 5.75 Å². The first-order valence-corrected chi connectivity index (χ1v) is 6.03. The van der Waals surface area contributed by atoms with Gasteiger partial charge in [0, 0.05) is 10.9 Å². The predicted molar refractivity (Wildman–Crippen MR) is 69.7 cm³/mol. The van der Waals surface area contributed by atoms with Crippen molar-refractivity contribution in [1.82, 2.24) is 0 Å². The van der Waals surface area contributed by atoms with Gasteiger partial charge in [-0.15, -0.1) is 0 Å². The molecule has 0 bridgehead atoms. The molecule has 0 saturated carbocycles. The molecular formula is C14H15NO3. The third-order valence-electron chi connectivity index (χ3n) is 3.43. The van der Waals surface area contributed by atoms with E-state index in [2.05, 4.69) is 6.92 Å². The van der Waals surface area contributed by atoms with E-state index in [0.717, 1.165) is 23.0 Å². The Balaban J connectivity index is 2.40. The van der Waals surface area contributed by atoms with Crippen LogP contribution in [0.1, 0.15) is 24.8 Å². The minimum Gasteiger partial charge on any atom is -0.504 e. The molecule has 0 spiro atoms. The number of rotatable bonds is 3. The lowest BCUT2D eigenvalue weighted by Crippen LogP contribution is -2.05. The van der Waals surface area contributed by atoms with Crippen LogP contribution < -0.4 is 5.73 Å². The summed E-state index contributed by atoms with van der Waals surface area (Å²) in [6, 6.07) is 3.62. The number of hydrogen-bond acceptors (Lipinski definition) is 4. The Kier molecular flexibility index (Phi) is 2.52. The highest BCUT2D eigenvalue weighted by Gasteiger charge is 2.21. The number of fused-ring (bicyclic) bond motifs is 2. The highest BCUT2D eigenvalue weighted by molar-refractivity contribution is 6.04. The lowest BCUT2D eigenvalue weighted by molar-refractivity contribution is 0.470. The molecule has 2 aromatic heterocycles. The summed E-state index contributed by atoms with van der Waals surface area (Å²) in [5.74, 6) is 0.395. The Bertz CT molecular complexity index is 644. The first-order valence-electron chi connectivity index (χ1n) is 6.03. The molecule has 0 amide bonds. The molecule has 4 nitrogen and oxygen atoms in total. The van der Waals surface area contributed by atoms with Gasteiger partial charge in [0.2, 0.25) is 0 Å². The van der Waals surface area contributed by atoms with Crippen LogP contribution in [0.2, 0.25) is 0 Å². The highest BCUT2D eigenvalue weighted by Crippen LogP contribution is 2.42. The van der Waals surface area contributed by atoms with Crippen LogP contribution in [0.3, 0.4) is 0 Å². The normalized spacial score (nSPS) is 13.4. The Morgan fingerprint density at radius 2 is 1.83 bits per heavy atom. The largest absolute Gasteiger partial charge is 0.504 e. The van der Waals surface area contributed by atoms with Gasteiger partial charge in [-0.1, -0.05) is 6.92 Å². The first kappa shape index (κ1) is 11.2. The van der Waals surface area contributed by atoms with E-state index in [1.54, 1.807) is 18.6 Å². The zero-order valence-electron chi connectivity index (χ0n) is 10.1. The van der Waals surface area contributed by atoms with Crippen LogP contribution in [0.15, 0.2) is 33.5 Å². The molecule has 3 N–H and O–H groups in total. The molecule has 0 aliphatic rings. The van der Waals surface area contributed by atoms with Gasteiger partial charge >= 0.3 is 0 Å². The number of furan rings is 2. The molecule has 1 unspecified atom stereocenters.